The molecule has 25 heavy (non-hydrogen) atoms. The highest BCUT2D eigenvalue weighted by atomic mass is 35.5. The van der Waals surface area contributed by atoms with Crippen LogP contribution in [0.1, 0.15) is 23.6 Å². The molecule has 0 aliphatic carbocycles. The van der Waals surface area contributed by atoms with E-state index >= 15 is 0 Å². The smallest absolute Gasteiger partial charge is 0.331 e. The molecule has 1 aromatic carbocycles. The van der Waals surface area contributed by atoms with Crippen molar-refractivity contribution in [2.75, 3.05) is 5.32 Å². The molecule has 1 N–H and O–H groups in total. The molecule has 0 saturated carbocycles. The van der Waals surface area contributed by atoms with Gasteiger partial charge in [-0.1, -0.05) is 23.7 Å². The van der Waals surface area contributed by atoms with Crippen molar-refractivity contribution in [3.05, 3.63) is 57.4 Å². The summed E-state index contributed by atoms with van der Waals surface area (Å²) in [4.78, 5) is 23.9. The number of halogens is 1. The van der Waals surface area contributed by atoms with Gasteiger partial charge in [-0.3, -0.25) is 4.79 Å². The number of hydrogen-bond donors (Lipinski definition) is 1. The molecule has 0 saturated heterocycles. The van der Waals surface area contributed by atoms with Gasteiger partial charge in [-0.25, -0.2) is 4.79 Å². The van der Waals surface area contributed by atoms with Crippen LogP contribution in [0.25, 0.3) is 6.08 Å². The van der Waals surface area contributed by atoms with Crippen LogP contribution in [-0.2, 0) is 14.3 Å². The molecule has 1 amide bonds. The predicted molar refractivity (Wildman–Crippen MR) is 98.4 cm³/mol. The van der Waals surface area contributed by atoms with Crippen LogP contribution in [0.2, 0.25) is 5.02 Å². The lowest BCUT2D eigenvalue weighted by Crippen LogP contribution is -2.29. The van der Waals surface area contributed by atoms with Crippen molar-refractivity contribution < 1.29 is 14.3 Å². The lowest BCUT2D eigenvalue weighted by atomic mass is 10.1. The average Bonchev–Trinajstić information content (AvgIpc) is 3.03. The molecule has 0 spiro atoms. The van der Waals surface area contributed by atoms with E-state index in [2.05, 4.69) is 5.32 Å². The Kier molecular flexibility index (Phi) is 6.34. The summed E-state index contributed by atoms with van der Waals surface area (Å²) < 4.78 is 5.06. The minimum Gasteiger partial charge on any atom is -0.449 e. The van der Waals surface area contributed by atoms with Gasteiger partial charge in [-0.2, -0.15) is 5.26 Å². The number of aryl methyl sites for hydroxylation is 1. The molecule has 128 valence electrons. The summed E-state index contributed by atoms with van der Waals surface area (Å²) >= 11 is 7.25. The number of benzene rings is 1. The molecular weight excluding hydrogens is 360 g/mol. The molecule has 0 bridgehead atoms. The maximum absolute atomic E-state index is 12.0. The van der Waals surface area contributed by atoms with Crippen molar-refractivity contribution in [1.29, 1.82) is 5.26 Å². The SMILES string of the molecule is Cc1ccc(/C=C/C(=O)O[C@@H](C)C(=O)Nc2sccc2C#N)cc1Cl. The largest absolute Gasteiger partial charge is 0.449 e. The van der Waals surface area contributed by atoms with Crippen molar-refractivity contribution in [2.24, 2.45) is 0 Å². The van der Waals surface area contributed by atoms with Crippen LogP contribution in [0.5, 0.6) is 0 Å². The van der Waals surface area contributed by atoms with Crippen LogP contribution < -0.4 is 5.32 Å². The number of thiophene rings is 1. The standard InChI is InChI=1S/C18H15ClN2O3S/c1-11-3-4-13(9-15(11)19)5-6-16(22)24-12(2)17(23)21-18-14(10-20)7-8-25-18/h3-9,12H,1-2H3,(H,21,23)/b6-5+/t12-/m0/s1. The molecule has 0 aliphatic rings. The van der Waals surface area contributed by atoms with Crippen molar-refractivity contribution >= 4 is 45.9 Å². The Hall–Kier alpha value is -2.62. The summed E-state index contributed by atoms with van der Waals surface area (Å²) in [6.45, 7) is 3.35. The zero-order valence-corrected chi connectivity index (χ0v) is 15.1. The Morgan fingerprint density at radius 1 is 1.40 bits per heavy atom. The molecule has 0 unspecified atom stereocenters. The number of anilines is 1. The van der Waals surface area contributed by atoms with Gasteiger partial charge in [0.1, 0.15) is 11.1 Å². The molecule has 5 nitrogen and oxygen atoms in total. The van der Waals surface area contributed by atoms with E-state index < -0.39 is 18.0 Å². The van der Waals surface area contributed by atoms with Gasteiger partial charge in [0, 0.05) is 11.1 Å². The van der Waals surface area contributed by atoms with E-state index in [1.807, 2.05) is 25.1 Å². The maximum Gasteiger partial charge on any atom is 0.331 e. The van der Waals surface area contributed by atoms with Crippen LogP contribution >= 0.6 is 22.9 Å². The van der Waals surface area contributed by atoms with Crippen molar-refractivity contribution in [3.8, 4) is 6.07 Å². The van der Waals surface area contributed by atoms with Gasteiger partial charge in [-0.15, -0.1) is 11.3 Å². The van der Waals surface area contributed by atoms with Gasteiger partial charge in [0.2, 0.25) is 0 Å². The van der Waals surface area contributed by atoms with Crippen LogP contribution in [0, 0.1) is 18.3 Å². The zero-order chi connectivity index (χ0) is 18.4. The summed E-state index contributed by atoms with van der Waals surface area (Å²) in [6.07, 6.45) is 1.80. The zero-order valence-electron chi connectivity index (χ0n) is 13.6. The Bertz CT molecular complexity index is 867. The summed E-state index contributed by atoms with van der Waals surface area (Å²) in [6, 6.07) is 8.98. The summed E-state index contributed by atoms with van der Waals surface area (Å²) in [5, 5.41) is 14.2. The number of rotatable bonds is 5. The minimum atomic E-state index is -0.993. The van der Waals surface area contributed by atoms with Gasteiger partial charge in [0.25, 0.3) is 5.91 Å². The molecule has 0 radical (unpaired) electrons. The molecule has 0 aliphatic heterocycles. The van der Waals surface area contributed by atoms with Gasteiger partial charge in [-0.05, 0) is 48.6 Å². The molecule has 0 fully saturated rings. The highest BCUT2D eigenvalue weighted by molar-refractivity contribution is 7.14. The molecule has 1 aromatic heterocycles. The first-order valence-corrected chi connectivity index (χ1v) is 8.59. The van der Waals surface area contributed by atoms with E-state index in [1.165, 1.54) is 24.3 Å². The lowest BCUT2D eigenvalue weighted by Gasteiger charge is -2.11. The fourth-order valence-corrected chi connectivity index (χ4v) is 2.78. The van der Waals surface area contributed by atoms with Crippen molar-refractivity contribution in [2.45, 2.75) is 20.0 Å². The Balaban J connectivity index is 1.93. The lowest BCUT2D eigenvalue weighted by molar-refractivity contribution is -0.148. The third-order valence-electron chi connectivity index (χ3n) is 3.29. The van der Waals surface area contributed by atoms with Crippen LogP contribution in [0.4, 0.5) is 5.00 Å². The number of nitrogens with one attached hydrogen (secondary N) is 1. The quantitative estimate of drug-likeness (QED) is 0.629. The number of nitrogens with zero attached hydrogens (tertiary/aromatic N) is 1. The van der Waals surface area contributed by atoms with Gasteiger partial charge in [0.05, 0.1) is 5.56 Å². The Labute approximate surface area is 154 Å². The first-order valence-electron chi connectivity index (χ1n) is 7.34. The minimum absolute atomic E-state index is 0.369. The van der Waals surface area contributed by atoms with Crippen molar-refractivity contribution in [3.63, 3.8) is 0 Å². The van der Waals surface area contributed by atoms with Crippen LogP contribution in [-0.4, -0.2) is 18.0 Å². The van der Waals surface area contributed by atoms with E-state index in [0.29, 0.717) is 15.6 Å². The van der Waals surface area contributed by atoms with Crippen molar-refractivity contribution in [1.82, 2.24) is 0 Å². The summed E-state index contributed by atoms with van der Waals surface area (Å²) in [5.74, 6) is -1.15. The maximum atomic E-state index is 12.0. The predicted octanol–water partition coefficient (Wildman–Crippen LogP) is 4.17. The topological polar surface area (TPSA) is 79.2 Å². The molecule has 2 aromatic rings. The fraction of sp³-hybridized carbons (Fsp3) is 0.167. The van der Waals surface area contributed by atoms with Gasteiger partial charge in [0.15, 0.2) is 6.10 Å². The second kappa shape index (κ2) is 8.47. The average molecular weight is 375 g/mol. The number of amides is 1. The number of nitriles is 1. The van der Waals surface area contributed by atoms with Gasteiger partial charge >= 0.3 is 5.97 Å². The van der Waals surface area contributed by atoms with E-state index in [4.69, 9.17) is 21.6 Å². The summed E-state index contributed by atoms with van der Waals surface area (Å²) in [5.41, 5.74) is 2.06. The number of carbonyl (C=O) groups excluding carboxylic acids is 2. The molecule has 2 rings (SSSR count). The highest BCUT2D eigenvalue weighted by Crippen LogP contribution is 2.22. The van der Waals surface area contributed by atoms with E-state index in [9.17, 15) is 9.59 Å². The van der Waals surface area contributed by atoms with E-state index in [-0.39, 0.29) is 0 Å². The number of esters is 1. The molecule has 7 heteroatoms. The summed E-state index contributed by atoms with van der Waals surface area (Å²) in [7, 11) is 0. The normalized spacial score (nSPS) is 11.8. The molecular formula is C18H15ClN2O3S. The highest BCUT2D eigenvalue weighted by Gasteiger charge is 2.18. The first-order chi connectivity index (χ1) is 11.9. The third-order valence-corrected chi connectivity index (χ3v) is 4.53. The van der Waals surface area contributed by atoms with Crippen LogP contribution in [0.3, 0.4) is 0 Å². The fourth-order valence-electron chi connectivity index (χ4n) is 1.85. The monoisotopic (exact) mass is 374 g/mol. The number of hydrogen-bond acceptors (Lipinski definition) is 5. The van der Waals surface area contributed by atoms with Crippen LogP contribution in [0.15, 0.2) is 35.7 Å². The third kappa shape index (κ3) is 5.18. The number of ether oxygens (including phenoxy) is 1. The van der Waals surface area contributed by atoms with Gasteiger partial charge < -0.3 is 10.1 Å². The first kappa shape index (κ1) is 18.7. The second-order valence-corrected chi connectivity index (χ2v) is 6.51. The Morgan fingerprint density at radius 3 is 2.84 bits per heavy atom. The van der Waals surface area contributed by atoms with E-state index in [1.54, 1.807) is 23.6 Å². The second-order valence-electron chi connectivity index (χ2n) is 5.19. The van der Waals surface area contributed by atoms with E-state index in [0.717, 1.165) is 11.1 Å². The molecule has 1 atom stereocenters. The molecule has 1 heterocycles. The Morgan fingerprint density at radius 2 is 2.16 bits per heavy atom. The number of carbonyl (C=O) groups is 2.